The number of rotatable bonds is 2. The third-order valence-corrected chi connectivity index (χ3v) is 2.78. The van der Waals surface area contributed by atoms with Crippen molar-refractivity contribution >= 4 is 10.8 Å². The molecule has 5 heteroatoms. The second-order valence-electron chi connectivity index (χ2n) is 3.96. The summed E-state index contributed by atoms with van der Waals surface area (Å²) in [6.45, 7) is 0. The van der Waals surface area contributed by atoms with Crippen LogP contribution in [0.15, 0.2) is 36.4 Å². The molecule has 2 nitrogen and oxygen atoms in total. The van der Waals surface area contributed by atoms with Gasteiger partial charge in [-0.1, -0.05) is 24.3 Å². The minimum absolute atomic E-state index is 0.00181. The number of alkyl halides is 3. The van der Waals surface area contributed by atoms with Crippen LogP contribution in [0.2, 0.25) is 0 Å². The van der Waals surface area contributed by atoms with E-state index in [-0.39, 0.29) is 5.56 Å². The molecule has 0 aliphatic heterocycles. The van der Waals surface area contributed by atoms with Gasteiger partial charge in [0.05, 0.1) is 7.11 Å². The molecule has 0 aliphatic rings. The lowest BCUT2D eigenvalue weighted by Gasteiger charge is -2.17. The maximum atomic E-state index is 12.6. The van der Waals surface area contributed by atoms with Crippen molar-refractivity contribution in [3.8, 4) is 5.75 Å². The van der Waals surface area contributed by atoms with Crippen LogP contribution in [0.4, 0.5) is 13.2 Å². The molecule has 0 aliphatic carbocycles. The van der Waals surface area contributed by atoms with Crippen LogP contribution in [0.1, 0.15) is 11.6 Å². The van der Waals surface area contributed by atoms with Gasteiger partial charge < -0.3 is 10.5 Å². The lowest BCUT2D eigenvalue weighted by atomic mass is 10.0. The van der Waals surface area contributed by atoms with Crippen molar-refractivity contribution in [2.45, 2.75) is 12.2 Å². The van der Waals surface area contributed by atoms with E-state index in [1.807, 2.05) is 0 Å². The van der Waals surface area contributed by atoms with Crippen LogP contribution in [0.5, 0.6) is 5.75 Å². The molecule has 0 fully saturated rings. The van der Waals surface area contributed by atoms with E-state index in [1.165, 1.54) is 19.2 Å². The molecule has 2 aromatic carbocycles. The minimum Gasteiger partial charge on any atom is -0.496 e. The molecule has 2 aromatic rings. The summed E-state index contributed by atoms with van der Waals surface area (Å²) >= 11 is 0. The predicted octanol–water partition coefficient (Wildman–Crippen LogP) is 3.41. The summed E-state index contributed by atoms with van der Waals surface area (Å²) in [6, 6.07) is 7.84. The van der Waals surface area contributed by atoms with Crippen molar-refractivity contribution in [3.05, 3.63) is 42.0 Å². The molecule has 18 heavy (non-hydrogen) atoms. The fraction of sp³-hybridized carbons (Fsp3) is 0.231. The zero-order valence-corrected chi connectivity index (χ0v) is 9.66. The maximum Gasteiger partial charge on any atom is 0.407 e. The Bertz CT molecular complexity index is 566. The Morgan fingerprint density at radius 2 is 1.83 bits per heavy atom. The van der Waals surface area contributed by atoms with E-state index >= 15 is 0 Å². The van der Waals surface area contributed by atoms with Crippen LogP contribution in [-0.2, 0) is 0 Å². The Morgan fingerprint density at radius 1 is 1.17 bits per heavy atom. The van der Waals surface area contributed by atoms with Gasteiger partial charge in [0, 0.05) is 5.39 Å². The third kappa shape index (κ3) is 2.26. The summed E-state index contributed by atoms with van der Waals surface area (Å²) in [5.74, 6) is 0.391. The second kappa shape index (κ2) is 4.49. The van der Waals surface area contributed by atoms with Crippen LogP contribution < -0.4 is 10.5 Å². The summed E-state index contributed by atoms with van der Waals surface area (Å²) < 4.78 is 42.9. The zero-order valence-electron chi connectivity index (χ0n) is 9.66. The van der Waals surface area contributed by atoms with Gasteiger partial charge in [-0.15, -0.1) is 0 Å². The summed E-state index contributed by atoms with van der Waals surface area (Å²) in [6.07, 6.45) is -4.46. The molecule has 0 radical (unpaired) electrons. The normalized spacial score (nSPS) is 13.6. The van der Waals surface area contributed by atoms with Crippen LogP contribution in [0.3, 0.4) is 0 Å². The van der Waals surface area contributed by atoms with Crippen LogP contribution in [-0.4, -0.2) is 13.3 Å². The standard InChI is InChI=1S/C13H12F3NO/c1-18-11-7-9(12(17)13(14,15)16)6-8-4-2-3-5-10(8)11/h2-7,12H,17H2,1H3/t12-/m0/s1. The van der Waals surface area contributed by atoms with Gasteiger partial charge >= 0.3 is 6.18 Å². The van der Waals surface area contributed by atoms with E-state index in [9.17, 15) is 13.2 Å². The lowest BCUT2D eigenvalue weighted by Crippen LogP contribution is -2.28. The smallest absolute Gasteiger partial charge is 0.407 e. The Hall–Kier alpha value is -1.75. The predicted molar refractivity (Wildman–Crippen MR) is 63.5 cm³/mol. The molecular formula is C13H12F3NO. The molecule has 96 valence electrons. The largest absolute Gasteiger partial charge is 0.496 e. The van der Waals surface area contributed by atoms with Crippen molar-refractivity contribution in [1.82, 2.24) is 0 Å². The lowest BCUT2D eigenvalue weighted by molar-refractivity contribution is -0.149. The zero-order chi connectivity index (χ0) is 13.3. The Balaban J connectivity index is 2.60. The molecule has 0 aromatic heterocycles. The molecule has 2 N–H and O–H groups in total. The van der Waals surface area contributed by atoms with E-state index in [0.29, 0.717) is 11.1 Å². The summed E-state index contributed by atoms with van der Waals surface area (Å²) in [4.78, 5) is 0. The SMILES string of the molecule is COc1cc([C@H](N)C(F)(F)F)cc2ccccc12. The Kier molecular flexibility index (Phi) is 3.17. The molecular weight excluding hydrogens is 243 g/mol. The second-order valence-corrected chi connectivity index (χ2v) is 3.96. The van der Waals surface area contributed by atoms with Gasteiger partial charge in [-0.2, -0.15) is 13.2 Å². The van der Waals surface area contributed by atoms with Crippen molar-refractivity contribution in [1.29, 1.82) is 0 Å². The molecule has 0 heterocycles. The van der Waals surface area contributed by atoms with E-state index in [1.54, 1.807) is 24.3 Å². The van der Waals surface area contributed by atoms with Crippen LogP contribution in [0, 0.1) is 0 Å². The molecule has 0 bridgehead atoms. The van der Waals surface area contributed by atoms with Crippen LogP contribution >= 0.6 is 0 Å². The molecule has 0 unspecified atom stereocenters. The van der Waals surface area contributed by atoms with E-state index in [4.69, 9.17) is 10.5 Å². The monoisotopic (exact) mass is 255 g/mol. The number of methoxy groups -OCH3 is 1. The van der Waals surface area contributed by atoms with Gasteiger partial charge in [0.25, 0.3) is 0 Å². The first kappa shape index (κ1) is 12.7. The fourth-order valence-electron chi connectivity index (χ4n) is 1.84. The number of ether oxygens (including phenoxy) is 1. The minimum atomic E-state index is -4.46. The third-order valence-electron chi connectivity index (χ3n) is 2.78. The van der Waals surface area contributed by atoms with E-state index < -0.39 is 12.2 Å². The van der Waals surface area contributed by atoms with Crippen molar-refractivity contribution < 1.29 is 17.9 Å². The number of halogens is 3. The molecule has 0 saturated heterocycles. The van der Waals surface area contributed by atoms with Gasteiger partial charge in [-0.05, 0) is 23.1 Å². The first-order chi connectivity index (χ1) is 8.43. The molecule has 0 amide bonds. The fourth-order valence-corrected chi connectivity index (χ4v) is 1.84. The van der Waals surface area contributed by atoms with Gasteiger partial charge in [0.1, 0.15) is 11.8 Å². The summed E-state index contributed by atoms with van der Waals surface area (Å²) in [7, 11) is 1.42. The van der Waals surface area contributed by atoms with Gasteiger partial charge in [-0.3, -0.25) is 0 Å². The van der Waals surface area contributed by atoms with Crippen molar-refractivity contribution in [2.24, 2.45) is 5.73 Å². The number of benzene rings is 2. The Morgan fingerprint density at radius 3 is 2.44 bits per heavy atom. The highest BCUT2D eigenvalue weighted by atomic mass is 19.4. The quantitative estimate of drug-likeness (QED) is 0.892. The molecule has 2 rings (SSSR count). The number of hydrogen-bond acceptors (Lipinski definition) is 2. The topological polar surface area (TPSA) is 35.2 Å². The van der Waals surface area contributed by atoms with Crippen LogP contribution in [0.25, 0.3) is 10.8 Å². The van der Waals surface area contributed by atoms with Crippen molar-refractivity contribution in [3.63, 3.8) is 0 Å². The summed E-state index contributed by atoms with van der Waals surface area (Å²) in [5, 5.41) is 1.43. The summed E-state index contributed by atoms with van der Waals surface area (Å²) in [5.41, 5.74) is 5.20. The molecule has 0 spiro atoms. The highest BCUT2D eigenvalue weighted by Crippen LogP contribution is 2.35. The number of fused-ring (bicyclic) bond motifs is 1. The first-order valence-corrected chi connectivity index (χ1v) is 5.32. The average Bonchev–Trinajstić information content (AvgIpc) is 2.35. The molecule has 1 atom stereocenters. The number of hydrogen-bond donors (Lipinski definition) is 1. The van der Waals surface area contributed by atoms with E-state index in [2.05, 4.69) is 0 Å². The molecule has 0 saturated carbocycles. The van der Waals surface area contributed by atoms with Gasteiger partial charge in [0.2, 0.25) is 0 Å². The highest BCUT2D eigenvalue weighted by Gasteiger charge is 2.38. The first-order valence-electron chi connectivity index (χ1n) is 5.32. The highest BCUT2D eigenvalue weighted by molar-refractivity contribution is 5.89. The maximum absolute atomic E-state index is 12.6. The van der Waals surface area contributed by atoms with Gasteiger partial charge in [-0.25, -0.2) is 0 Å². The average molecular weight is 255 g/mol. The van der Waals surface area contributed by atoms with Crippen molar-refractivity contribution in [2.75, 3.05) is 7.11 Å². The van der Waals surface area contributed by atoms with Gasteiger partial charge in [0.15, 0.2) is 0 Å². The number of nitrogens with two attached hydrogens (primary N) is 1. The van der Waals surface area contributed by atoms with E-state index in [0.717, 1.165) is 5.39 Å². The Labute approximate surface area is 102 Å².